The molecule has 0 heterocycles. The summed E-state index contributed by atoms with van der Waals surface area (Å²) in [6.07, 6.45) is 6.00. The number of amides is 1. The molecule has 0 aliphatic heterocycles. The van der Waals surface area contributed by atoms with Crippen LogP contribution in [0.15, 0.2) is 0 Å². The minimum Gasteiger partial charge on any atom is -0.481 e. The van der Waals surface area contributed by atoms with Crippen molar-refractivity contribution in [2.75, 3.05) is 0 Å². The second-order valence-electron chi connectivity index (χ2n) is 5.30. The van der Waals surface area contributed by atoms with Gasteiger partial charge in [-0.25, -0.2) is 0 Å². The number of hydrogen-bond acceptors (Lipinski definition) is 3. The van der Waals surface area contributed by atoms with E-state index in [2.05, 4.69) is 5.32 Å². The van der Waals surface area contributed by atoms with Gasteiger partial charge >= 0.3 is 5.97 Å². The number of carboxylic acids is 1. The number of carbonyl (C=O) groups is 2. The molecule has 1 aliphatic rings. The first-order valence-corrected chi connectivity index (χ1v) is 6.78. The van der Waals surface area contributed by atoms with Crippen LogP contribution in [0.3, 0.4) is 0 Å². The van der Waals surface area contributed by atoms with Gasteiger partial charge in [0.1, 0.15) is 0 Å². The summed E-state index contributed by atoms with van der Waals surface area (Å²) in [7, 11) is 0. The van der Waals surface area contributed by atoms with Gasteiger partial charge in [-0.3, -0.25) is 9.59 Å². The van der Waals surface area contributed by atoms with Crippen LogP contribution in [0.1, 0.15) is 58.3 Å². The number of nitrogens with two attached hydrogens (primary N) is 1. The van der Waals surface area contributed by atoms with Gasteiger partial charge in [0.2, 0.25) is 5.91 Å². The monoisotopic (exact) mass is 256 g/mol. The first-order chi connectivity index (χ1) is 8.49. The van der Waals surface area contributed by atoms with Crippen molar-refractivity contribution in [1.82, 2.24) is 5.32 Å². The van der Waals surface area contributed by atoms with Crippen LogP contribution in [0.4, 0.5) is 0 Å². The van der Waals surface area contributed by atoms with Gasteiger partial charge in [0, 0.05) is 0 Å². The molecule has 1 unspecified atom stereocenters. The van der Waals surface area contributed by atoms with Crippen LogP contribution in [0.25, 0.3) is 0 Å². The predicted octanol–water partition coefficient (Wildman–Crippen LogP) is 1.41. The molecule has 5 heteroatoms. The Morgan fingerprint density at radius 3 is 2.50 bits per heavy atom. The molecule has 0 radical (unpaired) electrons. The highest BCUT2D eigenvalue weighted by atomic mass is 16.4. The lowest BCUT2D eigenvalue weighted by Crippen LogP contribution is -2.53. The molecule has 18 heavy (non-hydrogen) atoms. The van der Waals surface area contributed by atoms with Gasteiger partial charge in [0.25, 0.3) is 0 Å². The summed E-state index contributed by atoms with van der Waals surface area (Å²) in [5.74, 6) is -1.06. The smallest absolute Gasteiger partial charge is 0.305 e. The van der Waals surface area contributed by atoms with Crippen molar-refractivity contribution in [3.05, 3.63) is 0 Å². The van der Waals surface area contributed by atoms with E-state index in [1.54, 1.807) is 0 Å². The third kappa shape index (κ3) is 4.29. The van der Waals surface area contributed by atoms with Gasteiger partial charge in [0.05, 0.1) is 18.0 Å². The Bertz CT molecular complexity index is 299. The summed E-state index contributed by atoms with van der Waals surface area (Å²) in [6.45, 7) is 2.05. The van der Waals surface area contributed by atoms with Crippen molar-refractivity contribution < 1.29 is 14.7 Å². The minimum absolute atomic E-state index is 0.000756. The lowest BCUT2D eigenvalue weighted by atomic mass is 9.92. The summed E-state index contributed by atoms with van der Waals surface area (Å²) in [5, 5.41) is 11.8. The van der Waals surface area contributed by atoms with E-state index in [0.717, 1.165) is 38.5 Å². The van der Waals surface area contributed by atoms with E-state index in [-0.39, 0.29) is 12.3 Å². The average Bonchev–Trinajstić information content (AvgIpc) is 2.72. The Kier molecular flexibility index (Phi) is 5.59. The number of nitrogens with one attached hydrogen (secondary N) is 1. The highest BCUT2D eigenvalue weighted by Crippen LogP contribution is 2.32. The summed E-state index contributed by atoms with van der Waals surface area (Å²) in [5.41, 5.74) is 5.25. The molecule has 1 atom stereocenters. The normalized spacial score (nSPS) is 19.4. The van der Waals surface area contributed by atoms with Gasteiger partial charge in [-0.1, -0.05) is 32.6 Å². The zero-order valence-corrected chi connectivity index (χ0v) is 11.1. The van der Waals surface area contributed by atoms with Crippen LogP contribution in [0.2, 0.25) is 0 Å². The number of hydrogen-bond donors (Lipinski definition) is 3. The minimum atomic E-state index is -0.862. The lowest BCUT2D eigenvalue weighted by molar-refractivity contribution is -0.139. The van der Waals surface area contributed by atoms with Gasteiger partial charge in [-0.2, -0.15) is 0 Å². The Labute approximate surface area is 108 Å². The van der Waals surface area contributed by atoms with E-state index in [1.807, 2.05) is 6.92 Å². The van der Waals surface area contributed by atoms with Crippen molar-refractivity contribution in [3.8, 4) is 0 Å². The topological polar surface area (TPSA) is 92.4 Å². The summed E-state index contributed by atoms with van der Waals surface area (Å²) in [4.78, 5) is 22.9. The number of aliphatic carboxylic acids is 1. The number of carbonyl (C=O) groups excluding carboxylic acids is 1. The standard InChI is InChI=1S/C13H24N2O3/c1-2-3-6-10(14)12(18)15-13(9-11(16)17)7-4-5-8-13/h10H,2-9,14H2,1H3,(H,15,18)(H,16,17). The number of carboxylic acid groups (broad SMARTS) is 1. The Balaban J connectivity index is 2.55. The first kappa shape index (κ1) is 15.0. The third-order valence-corrected chi connectivity index (χ3v) is 3.64. The van der Waals surface area contributed by atoms with Crippen molar-refractivity contribution >= 4 is 11.9 Å². The highest BCUT2D eigenvalue weighted by molar-refractivity contribution is 5.83. The third-order valence-electron chi connectivity index (χ3n) is 3.64. The van der Waals surface area contributed by atoms with Crippen LogP contribution in [-0.4, -0.2) is 28.6 Å². The van der Waals surface area contributed by atoms with E-state index in [9.17, 15) is 9.59 Å². The maximum Gasteiger partial charge on any atom is 0.305 e. The van der Waals surface area contributed by atoms with E-state index in [1.165, 1.54) is 0 Å². The second kappa shape index (κ2) is 6.73. The van der Waals surface area contributed by atoms with Gasteiger partial charge < -0.3 is 16.2 Å². The molecule has 5 nitrogen and oxygen atoms in total. The van der Waals surface area contributed by atoms with E-state index < -0.39 is 17.6 Å². The number of unbranched alkanes of at least 4 members (excludes halogenated alkanes) is 1. The maximum atomic E-state index is 12.0. The predicted molar refractivity (Wildman–Crippen MR) is 69.1 cm³/mol. The van der Waals surface area contributed by atoms with E-state index >= 15 is 0 Å². The molecule has 1 fully saturated rings. The molecule has 1 aliphatic carbocycles. The molecular weight excluding hydrogens is 232 g/mol. The van der Waals surface area contributed by atoms with Crippen molar-refractivity contribution in [2.24, 2.45) is 5.73 Å². The molecule has 0 aromatic carbocycles. The van der Waals surface area contributed by atoms with Gasteiger partial charge in [0.15, 0.2) is 0 Å². The molecule has 4 N–H and O–H groups in total. The molecule has 104 valence electrons. The Hall–Kier alpha value is -1.10. The van der Waals surface area contributed by atoms with Gasteiger partial charge in [-0.15, -0.1) is 0 Å². The maximum absolute atomic E-state index is 12.0. The van der Waals surface area contributed by atoms with Crippen molar-refractivity contribution in [1.29, 1.82) is 0 Å². The highest BCUT2D eigenvalue weighted by Gasteiger charge is 2.38. The zero-order valence-electron chi connectivity index (χ0n) is 11.1. The molecule has 0 aromatic heterocycles. The fourth-order valence-corrected chi connectivity index (χ4v) is 2.60. The van der Waals surface area contributed by atoms with Crippen LogP contribution in [0.5, 0.6) is 0 Å². The number of rotatable bonds is 7. The fraction of sp³-hybridized carbons (Fsp3) is 0.846. The molecule has 1 rings (SSSR count). The Morgan fingerprint density at radius 2 is 2.00 bits per heavy atom. The van der Waals surface area contributed by atoms with Crippen LogP contribution in [0, 0.1) is 0 Å². The quantitative estimate of drug-likeness (QED) is 0.642. The summed E-state index contributed by atoms with van der Waals surface area (Å²) in [6, 6.07) is -0.517. The molecule has 0 spiro atoms. The van der Waals surface area contributed by atoms with E-state index in [0.29, 0.717) is 6.42 Å². The van der Waals surface area contributed by atoms with Crippen molar-refractivity contribution in [2.45, 2.75) is 69.9 Å². The van der Waals surface area contributed by atoms with Crippen LogP contribution >= 0.6 is 0 Å². The van der Waals surface area contributed by atoms with Crippen LogP contribution in [-0.2, 0) is 9.59 Å². The summed E-state index contributed by atoms with van der Waals surface area (Å²) >= 11 is 0. The van der Waals surface area contributed by atoms with Crippen LogP contribution < -0.4 is 11.1 Å². The second-order valence-corrected chi connectivity index (χ2v) is 5.30. The first-order valence-electron chi connectivity index (χ1n) is 6.78. The summed E-state index contributed by atoms with van der Waals surface area (Å²) < 4.78 is 0. The fourth-order valence-electron chi connectivity index (χ4n) is 2.60. The molecule has 1 saturated carbocycles. The molecule has 1 amide bonds. The van der Waals surface area contributed by atoms with E-state index in [4.69, 9.17) is 10.8 Å². The zero-order chi connectivity index (χ0) is 13.6. The van der Waals surface area contributed by atoms with Crippen molar-refractivity contribution in [3.63, 3.8) is 0 Å². The molecule has 0 bridgehead atoms. The Morgan fingerprint density at radius 1 is 1.39 bits per heavy atom. The van der Waals surface area contributed by atoms with Gasteiger partial charge in [-0.05, 0) is 19.3 Å². The molecular formula is C13H24N2O3. The lowest BCUT2D eigenvalue weighted by Gasteiger charge is -2.30. The largest absolute Gasteiger partial charge is 0.481 e. The average molecular weight is 256 g/mol. The SMILES string of the molecule is CCCCC(N)C(=O)NC1(CC(=O)O)CCCC1. The molecule has 0 saturated heterocycles. The molecule has 0 aromatic rings.